The number of amides is 2. The van der Waals surface area contributed by atoms with E-state index in [4.69, 9.17) is 11.6 Å². The van der Waals surface area contributed by atoms with Crippen LogP contribution in [0.3, 0.4) is 0 Å². The lowest BCUT2D eigenvalue weighted by Gasteiger charge is -2.10. The summed E-state index contributed by atoms with van der Waals surface area (Å²) in [7, 11) is 0. The van der Waals surface area contributed by atoms with E-state index in [-0.39, 0.29) is 5.88 Å². The lowest BCUT2D eigenvalue weighted by molar-refractivity contribution is -0.119. The first kappa shape index (κ1) is 15.5. The smallest absolute Gasteiger partial charge is 0.270 e. The standard InChI is InChI=1S/C16H12ClN3O2S/c17-9-15(21)19-20-16(22)11-8-13(14-6-3-7-23-14)18-12-5-2-1-4-10(11)12/h1-8H,9H2,(H,19,21)(H,20,22). The quantitative estimate of drug-likeness (QED) is 0.566. The van der Waals surface area contributed by atoms with Crippen molar-refractivity contribution < 1.29 is 9.59 Å². The van der Waals surface area contributed by atoms with Crippen molar-refractivity contribution >= 4 is 45.7 Å². The highest BCUT2D eigenvalue weighted by molar-refractivity contribution is 7.13. The fraction of sp³-hybridized carbons (Fsp3) is 0.0625. The summed E-state index contributed by atoms with van der Waals surface area (Å²) in [6, 6.07) is 13.0. The number of nitrogens with one attached hydrogen (secondary N) is 2. The molecule has 0 aliphatic carbocycles. The Bertz CT molecular complexity index is 865. The van der Waals surface area contributed by atoms with Crippen molar-refractivity contribution in [1.29, 1.82) is 0 Å². The highest BCUT2D eigenvalue weighted by Gasteiger charge is 2.14. The fourth-order valence-corrected chi connectivity index (χ4v) is 2.89. The summed E-state index contributed by atoms with van der Waals surface area (Å²) in [5, 5.41) is 2.66. The summed E-state index contributed by atoms with van der Waals surface area (Å²) in [4.78, 5) is 29.2. The molecule has 0 fully saturated rings. The largest absolute Gasteiger partial charge is 0.272 e. The van der Waals surface area contributed by atoms with E-state index in [1.54, 1.807) is 17.4 Å². The SMILES string of the molecule is O=C(CCl)NNC(=O)c1cc(-c2cccs2)nc2ccccc12. The van der Waals surface area contributed by atoms with Crippen LogP contribution in [0.1, 0.15) is 10.4 Å². The van der Waals surface area contributed by atoms with Gasteiger partial charge >= 0.3 is 0 Å². The number of nitrogens with zero attached hydrogens (tertiary/aromatic N) is 1. The minimum atomic E-state index is -0.475. The first-order valence-corrected chi connectivity index (χ1v) is 8.19. The van der Waals surface area contributed by atoms with Gasteiger partial charge in [-0.05, 0) is 23.6 Å². The third-order valence-corrected chi connectivity index (χ3v) is 4.31. The number of aromatic nitrogens is 1. The summed E-state index contributed by atoms with van der Waals surface area (Å²) in [5.74, 6) is -1.12. The Morgan fingerprint density at radius 3 is 2.70 bits per heavy atom. The second-order valence-electron chi connectivity index (χ2n) is 4.69. The van der Waals surface area contributed by atoms with Crippen molar-refractivity contribution in [2.45, 2.75) is 0 Å². The Hall–Kier alpha value is -2.44. The van der Waals surface area contributed by atoms with Crippen molar-refractivity contribution in [3.63, 3.8) is 0 Å². The molecule has 116 valence electrons. The Balaban J connectivity index is 2.03. The Kier molecular flexibility index (Phi) is 4.55. The maximum Gasteiger partial charge on any atom is 0.270 e. The molecule has 2 aromatic heterocycles. The molecule has 0 bridgehead atoms. The molecular formula is C16H12ClN3O2S. The molecule has 0 aliphatic heterocycles. The molecular weight excluding hydrogens is 334 g/mol. The van der Waals surface area contributed by atoms with Crippen LogP contribution in [0.15, 0.2) is 47.8 Å². The molecule has 5 nitrogen and oxygen atoms in total. The number of carbonyl (C=O) groups excluding carboxylic acids is 2. The number of benzene rings is 1. The van der Waals surface area contributed by atoms with Crippen molar-refractivity contribution in [2.24, 2.45) is 0 Å². The molecule has 3 rings (SSSR count). The van der Waals surface area contributed by atoms with E-state index in [2.05, 4.69) is 15.8 Å². The van der Waals surface area contributed by atoms with Gasteiger partial charge in [-0.3, -0.25) is 20.4 Å². The van der Waals surface area contributed by atoms with Crippen LogP contribution in [0, 0.1) is 0 Å². The van der Waals surface area contributed by atoms with Crippen LogP contribution in [0.5, 0.6) is 0 Å². The summed E-state index contributed by atoms with van der Waals surface area (Å²) in [5.41, 5.74) is 6.50. The van der Waals surface area contributed by atoms with E-state index in [1.165, 1.54) is 0 Å². The zero-order chi connectivity index (χ0) is 16.2. The zero-order valence-corrected chi connectivity index (χ0v) is 13.4. The second kappa shape index (κ2) is 6.76. The number of rotatable bonds is 3. The number of para-hydroxylation sites is 1. The maximum absolute atomic E-state index is 12.4. The maximum atomic E-state index is 12.4. The van der Waals surface area contributed by atoms with E-state index in [0.29, 0.717) is 22.2 Å². The number of carbonyl (C=O) groups is 2. The molecule has 0 saturated carbocycles. The van der Waals surface area contributed by atoms with Crippen LogP contribution in [-0.2, 0) is 4.79 Å². The van der Waals surface area contributed by atoms with Gasteiger partial charge in [-0.25, -0.2) is 4.98 Å². The van der Waals surface area contributed by atoms with Crippen LogP contribution in [-0.4, -0.2) is 22.7 Å². The van der Waals surface area contributed by atoms with Crippen molar-refractivity contribution in [2.75, 3.05) is 5.88 Å². The van der Waals surface area contributed by atoms with Gasteiger partial charge in [-0.2, -0.15) is 0 Å². The number of halogens is 1. The van der Waals surface area contributed by atoms with Crippen LogP contribution in [0.4, 0.5) is 0 Å². The fourth-order valence-electron chi connectivity index (χ4n) is 2.14. The summed E-state index contributed by atoms with van der Waals surface area (Å²) in [6.07, 6.45) is 0. The minimum absolute atomic E-state index is 0.224. The minimum Gasteiger partial charge on any atom is -0.272 e. The van der Waals surface area contributed by atoms with Gasteiger partial charge < -0.3 is 0 Å². The first-order valence-electron chi connectivity index (χ1n) is 6.78. The third kappa shape index (κ3) is 3.33. The van der Waals surface area contributed by atoms with E-state index in [1.807, 2.05) is 41.8 Å². The third-order valence-electron chi connectivity index (χ3n) is 3.17. The van der Waals surface area contributed by atoms with E-state index >= 15 is 0 Å². The summed E-state index contributed by atoms with van der Waals surface area (Å²) < 4.78 is 0. The number of fused-ring (bicyclic) bond motifs is 1. The molecule has 0 radical (unpaired) electrons. The molecule has 23 heavy (non-hydrogen) atoms. The summed E-state index contributed by atoms with van der Waals surface area (Å²) >= 11 is 6.94. The Morgan fingerprint density at radius 1 is 1.13 bits per heavy atom. The van der Waals surface area contributed by atoms with E-state index in [9.17, 15) is 9.59 Å². The molecule has 2 N–H and O–H groups in total. The Labute approximate surface area is 141 Å². The molecule has 0 unspecified atom stereocenters. The van der Waals surface area contributed by atoms with Crippen LogP contribution in [0.2, 0.25) is 0 Å². The number of pyridine rings is 1. The van der Waals surface area contributed by atoms with Crippen molar-refractivity contribution in [3.8, 4) is 10.6 Å². The Morgan fingerprint density at radius 2 is 1.96 bits per heavy atom. The average Bonchev–Trinajstić information content (AvgIpc) is 3.13. The van der Waals surface area contributed by atoms with Crippen LogP contribution >= 0.6 is 22.9 Å². The topological polar surface area (TPSA) is 71.1 Å². The molecule has 3 aromatic rings. The molecule has 0 saturated heterocycles. The van der Waals surface area contributed by atoms with Gasteiger partial charge in [0.25, 0.3) is 11.8 Å². The molecule has 7 heteroatoms. The number of thiophene rings is 1. The number of hydrogen-bond acceptors (Lipinski definition) is 4. The van der Waals surface area contributed by atoms with E-state index < -0.39 is 11.8 Å². The first-order chi connectivity index (χ1) is 11.2. The predicted molar refractivity (Wildman–Crippen MR) is 91.4 cm³/mol. The lowest BCUT2D eigenvalue weighted by Crippen LogP contribution is -2.42. The average molecular weight is 346 g/mol. The highest BCUT2D eigenvalue weighted by Crippen LogP contribution is 2.27. The van der Waals surface area contributed by atoms with Crippen molar-refractivity contribution in [1.82, 2.24) is 15.8 Å². The molecule has 2 heterocycles. The molecule has 0 spiro atoms. The van der Waals surface area contributed by atoms with Crippen LogP contribution < -0.4 is 10.9 Å². The number of hydrogen-bond donors (Lipinski definition) is 2. The summed E-state index contributed by atoms with van der Waals surface area (Å²) in [6.45, 7) is 0. The molecule has 0 atom stereocenters. The van der Waals surface area contributed by atoms with Gasteiger partial charge in [0, 0.05) is 5.39 Å². The van der Waals surface area contributed by atoms with Gasteiger partial charge in [-0.15, -0.1) is 22.9 Å². The van der Waals surface area contributed by atoms with Gasteiger partial charge in [0.05, 0.1) is 21.7 Å². The molecule has 0 aliphatic rings. The molecule has 2 amide bonds. The monoisotopic (exact) mass is 345 g/mol. The van der Waals surface area contributed by atoms with E-state index in [0.717, 1.165) is 4.88 Å². The van der Waals surface area contributed by atoms with Crippen LogP contribution in [0.25, 0.3) is 21.5 Å². The normalized spacial score (nSPS) is 10.5. The van der Waals surface area contributed by atoms with Crippen molar-refractivity contribution in [3.05, 3.63) is 53.4 Å². The van der Waals surface area contributed by atoms with Gasteiger partial charge in [0.1, 0.15) is 5.88 Å². The zero-order valence-electron chi connectivity index (χ0n) is 11.9. The second-order valence-corrected chi connectivity index (χ2v) is 5.90. The van der Waals surface area contributed by atoms with Gasteiger partial charge in [0.15, 0.2) is 0 Å². The highest BCUT2D eigenvalue weighted by atomic mass is 35.5. The van der Waals surface area contributed by atoms with Gasteiger partial charge in [-0.1, -0.05) is 24.3 Å². The number of hydrazine groups is 1. The number of alkyl halides is 1. The lowest BCUT2D eigenvalue weighted by atomic mass is 10.1. The predicted octanol–water partition coefficient (Wildman–Crippen LogP) is 2.96. The van der Waals surface area contributed by atoms with Gasteiger partial charge in [0.2, 0.25) is 0 Å². The molecule has 1 aromatic carbocycles.